The Morgan fingerprint density at radius 1 is 1.03 bits per heavy atom. The first kappa shape index (κ1) is 23.3. The lowest BCUT2D eigenvalue weighted by Crippen LogP contribution is -2.54. The maximum Gasteiger partial charge on any atom is 0.262 e. The molecule has 4 amide bonds. The summed E-state index contributed by atoms with van der Waals surface area (Å²) in [6.45, 7) is 12.6. The fourth-order valence-electron chi connectivity index (χ4n) is 3.58. The molecule has 0 spiro atoms. The number of carbonyl (C=O) groups is 4. The summed E-state index contributed by atoms with van der Waals surface area (Å²) in [4.78, 5) is 51.9. The predicted octanol–water partition coefficient (Wildman–Crippen LogP) is 1.72. The molecule has 0 radical (unpaired) electrons. The number of carbonyl (C=O) groups excluding carboxylic acids is 4. The molecule has 8 nitrogen and oxygen atoms in total. The van der Waals surface area contributed by atoms with Crippen LogP contribution in [0.2, 0.25) is 0 Å². The van der Waals surface area contributed by atoms with Crippen molar-refractivity contribution in [2.45, 2.75) is 39.7 Å². The van der Waals surface area contributed by atoms with Crippen LogP contribution in [0.1, 0.15) is 54.3 Å². The van der Waals surface area contributed by atoms with E-state index in [0.29, 0.717) is 11.1 Å². The van der Waals surface area contributed by atoms with Gasteiger partial charge in [-0.25, -0.2) is 0 Å². The third kappa shape index (κ3) is 4.76. The molecule has 4 rings (SSSR count). The first-order valence-corrected chi connectivity index (χ1v) is 10.4. The molecule has 8 heteroatoms. The second-order valence-electron chi connectivity index (χ2n) is 6.82. The van der Waals surface area contributed by atoms with E-state index in [-0.39, 0.29) is 18.7 Å². The van der Waals surface area contributed by atoms with Crippen molar-refractivity contribution in [2.75, 3.05) is 31.1 Å². The zero-order valence-electron chi connectivity index (χ0n) is 17.9. The molecule has 0 bridgehead atoms. The molecular formula is C22H30N4O4. The van der Waals surface area contributed by atoms with Gasteiger partial charge in [0.2, 0.25) is 11.8 Å². The maximum atomic E-state index is 12.8. The number of hydrogen-bond acceptors (Lipinski definition) is 6. The van der Waals surface area contributed by atoms with Gasteiger partial charge in [0.05, 0.1) is 11.1 Å². The van der Waals surface area contributed by atoms with E-state index in [0.717, 1.165) is 36.8 Å². The molecule has 1 unspecified atom stereocenters. The van der Waals surface area contributed by atoms with Crippen LogP contribution in [0.3, 0.4) is 0 Å². The average molecular weight is 415 g/mol. The molecule has 1 aromatic rings. The third-order valence-electron chi connectivity index (χ3n) is 4.91. The highest BCUT2D eigenvalue weighted by molar-refractivity contribution is 6.23. The van der Waals surface area contributed by atoms with Gasteiger partial charge in [-0.15, -0.1) is 6.58 Å². The molecule has 0 aliphatic carbocycles. The van der Waals surface area contributed by atoms with Crippen LogP contribution in [0.25, 0.3) is 0 Å². The fraction of sp³-hybridized carbons (Fsp3) is 0.455. The lowest BCUT2D eigenvalue weighted by Gasteiger charge is -2.29. The van der Waals surface area contributed by atoms with E-state index in [1.54, 1.807) is 18.2 Å². The molecule has 2 N–H and O–H groups in total. The molecule has 3 aliphatic rings. The molecule has 3 heterocycles. The summed E-state index contributed by atoms with van der Waals surface area (Å²) in [5.41, 5.74) is 1.53. The van der Waals surface area contributed by atoms with Crippen LogP contribution >= 0.6 is 0 Å². The van der Waals surface area contributed by atoms with Crippen molar-refractivity contribution in [3.8, 4) is 0 Å². The second-order valence-corrected chi connectivity index (χ2v) is 6.82. The van der Waals surface area contributed by atoms with E-state index >= 15 is 0 Å². The fourth-order valence-corrected chi connectivity index (χ4v) is 3.58. The highest BCUT2D eigenvalue weighted by Gasteiger charge is 2.44. The molecule has 0 saturated carbocycles. The summed E-state index contributed by atoms with van der Waals surface area (Å²) in [5, 5.41) is 5.47. The second kappa shape index (κ2) is 10.7. The van der Waals surface area contributed by atoms with Gasteiger partial charge in [-0.3, -0.25) is 29.4 Å². The minimum atomic E-state index is -0.923. The lowest BCUT2D eigenvalue weighted by atomic mass is 10.0. The topological polar surface area (TPSA) is 98.8 Å². The minimum Gasteiger partial charge on any atom is -0.369 e. The van der Waals surface area contributed by atoms with Gasteiger partial charge in [0.1, 0.15) is 6.04 Å². The van der Waals surface area contributed by atoms with Crippen molar-refractivity contribution in [1.82, 2.24) is 15.5 Å². The van der Waals surface area contributed by atoms with E-state index in [1.165, 1.54) is 0 Å². The largest absolute Gasteiger partial charge is 0.369 e. The van der Waals surface area contributed by atoms with Crippen molar-refractivity contribution in [3.05, 3.63) is 42.0 Å². The van der Waals surface area contributed by atoms with Gasteiger partial charge in [-0.2, -0.15) is 0 Å². The molecule has 162 valence electrons. The summed E-state index contributed by atoms with van der Waals surface area (Å²) < 4.78 is 0. The van der Waals surface area contributed by atoms with Crippen molar-refractivity contribution >= 4 is 29.3 Å². The quantitative estimate of drug-likeness (QED) is 0.565. The van der Waals surface area contributed by atoms with E-state index in [1.807, 2.05) is 26.8 Å². The average Bonchev–Trinajstić information content (AvgIpc) is 3.01. The number of hydrogen-bond donors (Lipinski definition) is 2. The summed E-state index contributed by atoms with van der Waals surface area (Å²) in [7, 11) is 0. The SMILES string of the molecule is C=CC.CC.O=C1CCC(N2C(=O)c3ccc(N4CCNCC4)cc3C2=O)C(=O)N1. The Bertz CT molecular complexity index is 830. The standard InChI is InChI=1S/C17H18N4O4.C3H6.C2H6/c22-14-4-3-13(15(23)19-14)21-16(24)11-2-1-10(9-12(11)17(21)25)20-7-5-18-6-8-20;1-3-2;1-2/h1-2,9,13,18H,3-8H2,(H,19,22,23);3H,1H2,2H3;1-2H3. The van der Waals surface area contributed by atoms with Crippen LogP contribution in [-0.2, 0) is 9.59 Å². The molecule has 3 aliphatic heterocycles. The summed E-state index contributed by atoms with van der Waals surface area (Å²) in [5.74, 6) is -1.90. The van der Waals surface area contributed by atoms with Gasteiger partial charge in [0.25, 0.3) is 11.8 Å². The number of imide groups is 2. The van der Waals surface area contributed by atoms with Crippen molar-refractivity contribution in [2.24, 2.45) is 0 Å². The number of benzene rings is 1. The Labute approximate surface area is 177 Å². The minimum absolute atomic E-state index is 0.121. The van der Waals surface area contributed by atoms with Gasteiger partial charge in [-0.1, -0.05) is 19.9 Å². The third-order valence-corrected chi connectivity index (χ3v) is 4.91. The lowest BCUT2D eigenvalue weighted by molar-refractivity contribution is -0.136. The van der Waals surface area contributed by atoms with E-state index in [4.69, 9.17) is 0 Å². The number of nitrogens with zero attached hydrogens (tertiary/aromatic N) is 2. The zero-order valence-corrected chi connectivity index (χ0v) is 17.9. The zero-order chi connectivity index (χ0) is 22.3. The van der Waals surface area contributed by atoms with Crippen LogP contribution in [0.5, 0.6) is 0 Å². The first-order valence-electron chi connectivity index (χ1n) is 10.4. The number of piperidine rings is 1. The number of amides is 4. The first-order chi connectivity index (χ1) is 14.5. The number of nitrogens with one attached hydrogen (secondary N) is 2. The summed E-state index contributed by atoms with van der Waals surface area (Å²) in [6, 6.07) is 4.29. The molecule has 2 fully saturated rings. The van der Waals surface area contributed by atoms with Crippen molar-refractivity contribution in [1.29, 1.82) is 0 Å². The van der Waals surface area contributed by atoms with Crippen LogP contribution in [-0.4, -0.2) is 60.7 Å². The molecule has 2 saturated heterocycles. The smallest absolute Gasteiger partial charge is 0.262 e. The van der Waals surface area contributed by atoms with Crippen LogP contribution in [0, 0.1) is 0 Å². The number of fused-ring (bicyclic) bond motifs is 1. The van der Waals surface area contributed by atoms with E-state index in [9.17, 15) is 19.2 Å². The van der Waals surface area contributed by atoms with Gasteiger partial charge in [-0.05, 0) is 31.5 Å². The van der Waals surface area contributed by atoms with Crippen LogP contribution in [0.4, 0.5) is 5.69 Å². The molecule has 30 heavy (non-hydrogen) atoms. The highest BCUT2D eigenvalue weighted by Crippen LogP contribution is 2.30. The number of piperazine rings is 1. The van der Waals surface area contributed by atoms with Gasteiger partial charge >= 0.3 is 0 Å². The van der Waals surface area contributed by atoms with Gasteiger partial charge in [0.15, 0.2) is 0 Å². The molecule has 0 aromatic heterocycles. The summed E-state index contributed by atoms with van der Waals surface area (Å²) in [6.07, 6.45) is 2.04. The van der Waals surface area contributed by atoms with E-state index in [2.05, 4.69) is 22.1 Å². The van der Waals surface area contributed by atoms with Gasteiger partial charge < -0.3 is 10.2 Å². The Balaban J connectivity index is 0.000000590. The Morgan fingerprint density at radius 2 is 1.63 bits per heavy atom. The highest BCUT2D eigenvalue weighted by atomic mass is 16.2. The Morgan fingerprint density at radius 3 is 2.23 bits per heavy atom. The Kier molecular flexibility index (Phi) is 8.29. The molecular weight excluding hydrogens is 384 g/mol. The number of allylic oxidation sites excluding steroid dienone is 1. The number of rotatable bonds is 2. The van der Waals surface area contributed by atoms with Gasteiger partial charge in [0, 0.05) is 38.3 Å². The Hall–Kier alpha value is -3.00. The normalized spacial score (nSPS) is 20.4. The van der Waals surface area contributed by atoms with Crippen LogP contribution in [0.15, 0.2) is 30.9 Å². The molecule has 1 atom stereocenters. The van der Waals surface area contributed by atoms with E-state index < -0.39 is 23.8 Å². The van der Waals surface area contributed by atoms with Crippen molar-refractivity contribution < 1.29 is 19.2 Å². The summed E-state index contributed by atoms with van der Waals surface area (Å²) >= 11 is 0. The van der Waals surface area contributed by atoms with Crippen molar-refractivity contribution in [3.63, 3.8) is 0 Å². The number of anilines is 1. The maximum absolute atomic E-state index is 12.8. The monoisotopic (exact) mass is 414 g/mol. The van der Waals surface area contributed by atoms with Crippen LogP contribution < -0.4 is 15.5 Å². The molecule has 1 aromatic carbocycles. The predicted molar refractivity (Wildman–Crippen MR) is 115 cm³/mol.